The normalized spacial score (nSPS) is 10.9. The van der Waals surface area contributed by atoms with Crippen LogP contribution in [0.5, 0.6) is 0 Å². The first-order chi connectivity index (χ1) is 8.56. The van der Waals surface area contributed by atoms with Crippen LogP contribution < -0.4 is 5.32 Å². The Balaban J connectivity index is 2.18. The lowest BCUT2D eigenvalue weighted by atomic mass is 10.2. The Labute approximate surface area is 118 Å². The van der Waals surface area contributed by atoms with Crippen LogP contribution in [0.4, 0.5) is 9.52 Å². The van der Waals surface area contributed by atoms with Gasteiger partial charge in [0.2, 0.25) is 0 Å². The summed E-state index contributed by atoms with van der Waals surface area (Å²) in [6.45, 7) is 5.20. The topological polar surface area (TPSA) is 24.9 Å². The van der Waals surface area contributed by atoms with Gasteiger partial charge >= 0.3 is 0 Å². The predicted molar refractivity (Wildman–Crippen MR) is 78.5 cm³/mol. The molecule has 0 radical (unpaired) electrons. The molecule has 0 aliphatic heterocycles. The first-order valence-electron chi connectivity index (χ1n) is 5.71. The zero-order valence-corrected chi connectivity index (χ0v) is 12.6. The molecule has 2 nitrogen and oxygen atoms in total. The van der Waals surface area contributed by atoms with Gasteiger partial charge in [-0.1, -0.05) is 13.8 Å². The highest BCUT2D eigenvalue weighted by Crippen LogP contribution is 2.31. The van der Waals surface area contributed by atoms with Crippen molar-refractivity contribution in [1.29, 1.82) is 0 Å². The number of benzene rings is 1. The van der Waals surface area contributed by atoms with Gasteiger partial charge in [-0.3, -0.25) is 0 Å². The Morgan fingerprint density at radius 1 is 1.44 bits per heavy atom. The fourth-order valence-corrected chi connectivity index (χ4v) is 2.74. The Bertz CT molecular complexity index is 540. The van der Waals surface area contributed by atoms with E-state index in [1.165, 1.54) is 12.1 Å². The lowest BCUT2D eigenvalue weighted by Gasteiger charge is -2.04. The maximum absolute atomic E-state index is 13.0. The molecule has 0 aliphatic rings. The number of anilines is 1. The molecule has 1 N–H and O–H groups in total. The van der Waals surface area contributed by atoms with E-state index in [-0.39, 0.29) is 5.82 Å². The van der Waals surface area contributed by atoms with Crippen molar-refractivity contribution in [3.05, 3.63) is 33.9 Å². The second-order valence-electron chi connectivity index (χ2n) is 4.44. The van der Waals surface area contributed by atoms with E-state index in [2.05, 4.69) is 40.1 Å². The summed E-state index contributed by atoms with van der Waals surface area (Å²) in [5, 5.41) is 6.15. The summed E-state index contributed by atoms with van der Waals surface area (Å²) in [6.07, 6.45) is 0. The molecule has 0 bridgehead atoms. The van der Waals surface area contributed by atoms with Crippen LogP contribution in [0, 0.1) is 11.7 Å². The van der Waals surface area contributed by atoms with Crippen molar-refractivity contribution in [1.82, 2.24) is 4.98 Å². The largest absolute Gasteiger partial charge is 0.361 e. The van der Waals surface area contributed by atoms with Crippen LogP contribution in [0.15, 0.2) is 28.1 Å². The van der Waals surface area contributed by atoms with Gasteiger partial charge in [0, 0.05) is 22.0 Å². The van der Waals surface area contributed by atoms with Gasteiger partial charge < -0.3 is 5.32 Å². The van der Waals surface area contributed by atoms with Gasteiger partial charge in [0.15, 0.2) is 5.13 Å². The molecule has 1 aromatic carbocycles. The molecule has 18 heavy (non-hydrogen) atoms. The molecule has 1 aromatic heterocycles. The van der Waals surface area contributed by atoms with Crippen LogP contribution in [0.1, 0.15) is 13.8 Å². The van der Waals surface area contributed by atoms with Crippen LogP contribution in [0.3, 0.4) is 0 Å². The summed E-state index contributed by atoms with van der Waals surface area (Å²) in [6, 6.07) is 4.64. The van der Waals surface area contributed by atoms with E-state index >= 15 is 0 Å². The third kappa shape index (κ3) is 3.29. The third-order valence-corrected chi connectivity index (χ3v) is 3.83. The van der Waals surface area contributed by atoms with Gasteiger partial charge in [-0.2, -0.15) is 0 Å². The molecule has 0 aliphatic carbocycles. The summed E-state index contributed by atoms with van der Waals surface area (Å²) < 4.78 is 13.7. The van der Waals surface area contributed by atoms with Gasteiger partial charge in [-0.15, -0.1) is 11.3 Å². The van der Waals surface area contributed by atoms with Crippen LogP contribution >= 0.6 is 27.3 Å². The van der Waals surface area contributed by atoms with Crippen molar-refractivity contribution in [2.75, 3.05) is 11.9 Å². The molecule has 2 aromatic rings. The maximum atomic E-state index is 13.0. The third-order valence-electron chi connectivity index (χ3n) is 2.37. The van der Waals surface area contributed by atoms with Crippen molar-refractivity contribution in [2.45, 2.75) is 13.8 Å². The monoisotopic (exact) mass is 328 g/mol. The quantitative estimate of drug-likeness (QED) is 0.873. The fourth-order valence-electron chi connectivity index (χ4n) is 1.47. The number of nitrogens with zero attached hydrogens (tertiary/aromatic N) is 1. The molecular formula is C13H14BrFN2S. The van der Waals surface area contributed by atoms with E-state index in [1.807, 2.05) is 5.38 Å². The van der Waals surface area contributed by atoms with E-state index in [4.69, 9.17) is 0 Å². The van der Waals surface area contributed by atoms with E-state index in [0.717, 1.165) is 27.4 Å². The molecule has 5 heteroatoms. The smallest absolute Gasteiger partial charge is 0.183 e. The number of rotatable bonds is 4. The zero-order valence-electron chi connectivity index (χ0n) is 10.2. The first-order valence-corrected chi connectivity index (χ1v) is 7.38. The van der Waals surface area contributed by atoms with Crippen LogP contribution in [0.25, 0.3) is 11.3 Å². The van der Waals surface area contributed by atoms with Crippen LogP contribution in [-0.4, -0.2) is 11.5 Å². The minimum atomic E-state index is -0.251. The molecule has 0 saturated carbocycles. The van der Waals surface area contributed by atoms with Crippen molar-refractivity contribution >= 4 is 32.4 Å². The summed E-state index contributed by atoms with van der Waals surface area (Å²) >= 11 is 4.92. The summed E-state index contributed by atoms with van der Waals surface area (Å²) in [5.74, 6) is 0.328. The van der Waals surface area contributed by atoms with Crippen molar-refractivity contribution in [3.63, 3.8) is 0 Å². The van der Waals surface area contributed by atoms with Gasteiger partial charge in [-0.25, -0.2) is 9.37 Å². The Kier molecular flexibility index (Phi) is 4.35. The number of hydrogen-bond acceptors (Lipinski definition) is 3. The molecule has 0 amide bonds. The second-order valence-corrected chi connectivity index (χ2v) is 6.15. The average Bonchev–Trinajstić information content (AvgIpc) is 2.75. The lowest BCUT2D eigenvalue weighted by Crippen LogP contribution is -2.07. The highest BCUT2D eigenvalue weighted by molar-refractivity contribution is 9.10. The van der Waals surface area contributed by atoms with Gasteiger partial charge in [0.05, 0.1) is 5.69 Å². The molecule has 0 fully saturated rings. The summed E-state index contributed by atoms with van der Waals surface area (Å²) in [7, 11) is 0. The summed E-state index contributed by atoms with van der Waals surface area (Å²) in [5.41, 5.74) is 1.77. The maximum Gasteiger partial charge on any atom is 0.183 e. The highest BCUT2D eigenvalue weighted by Gasteiger charge is 2.09. The molecule has 0 saturated heterocycles. The number of aromatic nitrogens is 1. The first kappa shape index (κ1) is 13.5. The Morgan fingerprint density at radius 2 is 2.22 bits per heavy atom. The Hall–Kier alpha value is -0.940. The van der Waals surface area contributed by atoms with Crippen LogP contribution in [-0.2, 0) is 0 Å². The lowest BCUT2D eigenvalue weighted by molar-refractivity contribution is 0.627. The number of halogens is 2. The molecule has 1 heterocycles. The predicted octanol–water partition coefficient (Wildman–Crippen LogP) is 4.78. The van der Waals surface area contributed by atoms with Crippen molar-refractivity contribution in [3.8, 4) is 11.3 Å². The van der Waals surface area contributed by atoms with Crippen molar-refractivity contribution in [2.24, 2.45) is 5.92 Å². The van der Waals surface area contributed by atoms with Crippen LogP contribution in [0.2, 0.25) is 0 Å². The molecule has 96 valence electrons. The van der Waals surface area contributed by atoms with E-state index in [9.17, 15) is 4.39 Å². The van der Waals surface area contributed by atoms with E-state index < -0.39 is 0 Å². The second kappa shape index (κ2) is 5.80. The Morgan fingerprint density at radius 3 is 2.89 bits per heavy atom. The summed E-state index contributed by atoms with van der Waals surface area (Å²) in [4.78, 5) is 4.50. The standard InChI is InChI=1S/C13H14BrFN2S/c1-8(2)6-16-13-17-12(7-18-13)10-4-3-9(15)5-11(10)14/h3-5,7-8H,6H2,1-2H3,(H,16,17). The molecule has 0 atom stereocenters. The van der Waals surface area contributed by atoms with Gasteiger partial charge in [0.1, 0.15) is 5.82 Å². The number of hydrogen-bond donors (Lipinski definition) is 1. The zero-order chi connectivity index (χ0) is 13.1. The molecule has 2 rings (SSSR count). The fraction of sp³-hybridized carbons (Fsp3) is 0.308. The molecule has 0 spiro atoms. The highest BCUT2D eigenvalue weighted by atomic mass is 79.9. The van der Waals surface area contributed by atoms with Gasteiger partial charge in [0.25, 0.3) is 0 Å². The van der Waals surface area contributed by atoms with Crippen molar-refractivity contribution < 1.29 is 4.39 Å². The average molecular weight is 329 g/mol. The van der Waals surface area contributed by atoms with E-state index in [1.54, 1.807) is 17.4 Å². The SMILES string of the molecule is CC(C)CNc1nc(-c2ccc(F)cc2Br)cs1. The minimum absolute atomic E-state index is 0.251. The molecule has 0 unspecified atom stereocenters. The minimum Gasteiger partial charge on any atom is -0.361 e. The number of thiazole rings is 1. The van der Waals surface area contributed by atoms with E-state index in [0.29, 0.717) is 5.92 Å². The number of nitrogens with one attached hydrogen (secondary N) is 1. The molecular weight excluding hydrogens is 315 g/mol. The van der Waals surface area contributed by atoms with Gasteiger partial charge in [-0.05, 0) is 40.0 Å².